The molecule has 0 amide bonds. The number of hydrogen-bond acceptors (Lipinski definition) is 1. The minimum atomic E-state index is 0.808. The number of terminal acetylenes is 1. The van der Waals surface area contributed by atoms with Gasteiger partial charge in [0, 0.05) is 54.8 Å². The average molecular weight is 667 g/mol. The smallest absolute Gasteiger partial charge is 0.139 e. The van der Waals surface area contributed by atoms with Gasteiger partial charge in [0.25, 0.3) is 0 Å². The predicted molar refractivity (Wildman–Crippen MR) is 217 cm³/mol. The second kappa shape index (κ2) is 11.9. The van der Waals surface area contributed by atoms with Crippen molar-refractivity contribution >= 4 is 61.4 Å². The number of hydrogen-bond donors (Lipinski definition) is 0. The first kappa shape index (κ1) is 30.1. The van der Waals surface area contributed by atoms with E-state index in [1.807, 2.05) is 24.3 Å². The highest BCUT2D eigenvalue weighted by molar-refractivity contribution is 6.10. The molecule has 0 fully saturated rings. The summed E-state index contributed by atoms with van der Waals surface area (Å²) in [6.07, 6.45) is 14.2. The van der Waals surface area contributed by atoms with E-state index in [4.69, 9.17) is 10.8 Å². The van der Waals surface area contributed by atoms with Gasteiger partial charge in [-0.05, 0) is 91.6 Å². The fourth-order valence-corrected chi connectivity index (χ4v) is 8.36. The van der Waals surface area contributed by atoms with Crippen molar-refractivity contribution in [1.29, 1.82) is 0 Å². The standard InChI is InChI=1S/C49H34N2O/c1-3-15-40-39-21-10-14-25-48(39)52-49(40)32(2)36-18-7-11-22-43(36)51-45-24-13-9-20-38(45)42-31-34(27-29-47(42)51)33-26-28-46-41(30-33)37-19-8-12-23-44(37)50(46)35-16-5-4-6-17-35/h1,4-12,14-23,25-31H,13,24H2,2H3/b40-15-,49-32-. The quantitative estimate of drug-likeness (QED) is 0.172. The van der Waals surface area contributed by atoms with Crippen LogP contribution in [0.1, 0.15) is 30.2 Å². The molecule has 0 saturated heterocycles. The Kier molecular flexibility index (Phi) is 6.91. The van der Waals surface area contributed by atoms with Gasteiger partial charge >= 0.3 is 0 Å². The molecule has 0 saturated carbocycles. The van der Waals surface area contributed by atoms with Gasteiger partial charge in [-0.3, -0.25) is 0 Å². The third kappa shape index (κ3) is 4.55. The summed E-state index contributed by atoms with van der Waals surface area (Å²) >= 11 is 0. The van der Waals surface area contributed by atoms with E-state index in [9.17, 15) is 0 Å². The van der Waals surface area contributed by atoms with Crippen LogP contribution in [0, 0.1) is 12.3 Å². The van der Waals surface area contributed by atoms with Crippen LogP contribution in [0.25, 0.3) is 83.9 Å². The van der Waals surface area contributed by atoms with Crippen LogP contribution in [-0.4, -0.2) is 9.13 Å². The monoisotopic (exact) mass is 666 g/mol. The van der Waals surface area contributed by atoms with Crippen LogP contribution in [0.15, 0.2) is 150 Å². The summed E-state index contributed by atoms with van der Waals surface area (Å²) in [5, 5.41) is 5.74. The molecule has 0 unspecified atom stereocenters. The van der Waals surface area contributed by atoms with Crippen LogP contribution in [0.3, 0.4) is 0 Å². The van der Waals surface area contributed by atoms with Gasteiger partial charge in [0.2, 0.25) is 0 Å². The fraction of sp³-hybridized carbons (Fsp3) is 0.0612. The number of benzene rings is 6. The first-order valence-electron chi connectivity index (χ1n) is 17.9. The molecule has 9 aromatic rings. The summed E-state index contributed by atoms with van der Waals surface area (Å²) in [4.78, 5) is 0. The lowest BCUT2D eigenvalue weighted by Crippen LogP contribution is -2.23. The second-order valence-corrected chi connectivity index (χ2v) is 13.6. The zero-order valence-electron chi connectivity index (χ0n) is 28.8. The molecular weight excluding hydrogens is 633 g/mol. The van der Waals surface area contributed by atoms with Crippen molar-refractivity contribution < 1.29 is 4.42 Å². The van der Waals surface area contributed by atoms with Crippen LogP contribution in [0.5, 0.6) is 0 Å². The van der Waals surface area contributed by atoms with Crippen LogP contribution >= 0.6 is 0 Å². The zero-order chi connectivity index (χ0) is 34.8. The fourth-order valence-electron chi connectivity index (χ4n) is 8.36. The lowest BCUT2D eigenvalue weighted by atomic mass is 9.98. The molecule has 3 heteroatoms. The van der Waals surface area contributed by atoms with Gasteiger partial charge in [-0.25, -0.2) is 0 Å². The maximum absolute atomic E-state index is 6.50. The van der Waals surface area contributed by atoms with Crippen molar-refractivity contribution in [2.45, 2.75) is 19.8 Å². The maximum Gasteiger partial charge on any atom is 0.139 e. The van der Waals surface area contributed by atoms with Crippen molar-refractivity contribution in [2.75, 3.05) is 0 Å². The van der Waals surface area contributed by atoms with Crippen molar-refractivity contribution in [3.8, 4) is 34.8 Å². The minimum absolute atomic E-state index is 0.808. The molecule has 0 atom stereocenters. The Bertz CT molecular complexity index is 3090. The van der Waals surface area contributed by atoms with E-state index in [2.05, 4.69) is 155 Å². The van der Waals surface area contributed by atoms with Crippen LogP contribution in [0.4, 0.5) is 0 Å². The molecule has 3 aromatic heterocycles. The van der Waals surface area contributed by atoms with E-state index in [1.165, 1.54) is 60.8 Å². The summed E-state index contributed by atoms with van der Waals surface area (Å²) in [6, 6.07) is 50.0. The number of nitrogens with zero attached hydrogens (tertiary/aromatic N) is 2. The predicted octanol–water partition coefficient (Wildman–Crippen LogP) is 10.7. The summed E-state index contributed by atoms with van der Waals surface area (Å²) in [5.74, 6) is 2.75. The third-order valence-electron chi connectivity index (χ3n) is 10.7. The highest BCUT2D eigenvalue weighted by Gasteiger charge is 2.22. The molecule has 10 rings (SSSR count). The number of aromatic nitrogens is 2. The van der Waals surface area contributed by atoms with E-state index < -0.39 is 0 Å². The van der Waals surface area contributed by atoms with Crippen LogP contribution in [0.2, 0.25) is 0 Å². The lowest BCUT2D eigenvalue weighted by Gasteiger charge is -2.17. The molecule has 1 aliphatic carbocycles. The number of para-hydroxylation sites is 4. The normalized spacial score (nSPS) is 13.7. The van der Waals surface area contributed by atoms with Gasteiger partial charge < -0.3 is 13.6 Å². The number of rotatable bonds is 4. The Hall–Kier alpha value is -6.76. The Morgan fingerprint density at radius 3 is 2.17 bits per heavy atom. The molecule has 6 aromatic carbocycles. The summed E-state index contributed by atoms with van der Waals surface area (Å²) in [7, 11) is 0. The first-order chi connectivity index (χ1) is 25.7. The van der Waals surface area contributed by atoms with E-state index >= 15 is 0 Å². The average Bonchev–Trinajstić information content (AvgIpc) is 3.85. The zero-order valence-corrected chi connectivity index (χ0v) is 28.8. The van der Waals surface area contributed by atoms with Crippen molar-refractivity contribution in [3.63, 3.8) is 0 Å². The second-order valence-electron chi connectivity index (χ2n) is 13.6. The SMILES string of the molecule is C#C/C=c1\c(=C(/C)c2ccccc2-n2c3c(c4cc(-c5ccc6c(c5)c5ccccc5n6-c5ccccc5)ccc42)C=CCC3)oc2ccccc12. The van der Waals surface area contributed by atoms with Crippen molar-refractivity contribution in [2.24, 2.45) is 0 Å². The number of allylic oxidation sites excluding steroid dienone is 1. The lowest BCUT2D eigenvalue weighted by molar-refractivity contribution is 0.572. The van der Waals surface area contributed by atoms with Crippen LogP contribution in [-0.2, 0) is 6.42 Å². The summed E-state index contributed by atoms with van der Waals surface area (Å²) < 4.78 is 11.3. The highest BCUT2D eigenvalue weighted by atomic mass is 16.3. The largest absolute Gasteiger partial charge is 0.456 e. The van der Waals surface area contributed by atoms with E-state index in [0.717, 1.165) is 51.3 Å². The molecule has 52 heavy (non-hydrogen) atoms. The van der Waals surface area contributed by atoms with E-state index in [-0.39, 0.29) is 0 Å². The van der Waals surface area contributed by atoms with Gasteiger partial charge in [0.15, 0.2) is 0 Å². The van der Waals surface area contributed by atoms with Gasteiger partial charge in [0.1, 0.15) is 11.0 Å². The Balaban J connectivity index is 1.17. The van der Waals surface area contributed by atoms with Gasteiger partial charge in [0.05, 0.1) is 22.2 Å². The summed E-state index contributed by atoms with van der Waals surface area (Å²) in [6.45, 7) is 2.14. The first-order valence-corrected chi connectivity index (χ1v) is 17.9. The Morgan fingerprint density at radius 2 is 1.35 bits per heavy atom. The molecule has 3 heterocycles. The van der Waals surface area contributed by atoms with Crippen molar-refractivity contribution in [3.05, 3.63) is 173 Å². The topological polar surface area (TPSA) is 23.0 Å². The number of fused-ring (bicyclic) bond motifs is 7. The molecule has 0 aliphatic heterocycles. The molecule has 246 valence electrons. The molecule has 0 radical (unpaired) electrons. The molecule has 3 nitrogen and oxygen atoms in total. The van der Waals surface area contributed by atoms with E-state index in [0.29, 0.717) is 0 Å². The molecular formula is C49H34N2O. The van der Waals surface area contributed by atoms with E-state index in [1.54, 1.807) is 0 Å². The third-order valence-corrected chi connectivity index (χ3v) is 10.7. The highest BCUT2D eigenvalue weighted by Crippen LogP contribution is 2.40. The maximum atomic E-state index is 6.50. The van der Waals surface area contributed by atoms with Gasteiger partial charge in [-0.15, -0.1) is 6.42 Å². The Morgan fingerprint density at radius 1 is 0.673 bits per heavy atom. The summed E-state index contributed by atoms with van der Waals surface area (Å²) in [5.41, 5.74) is 14.8. The number of furan rings is 1. The van der Waals surface area contributed by atoms with Gasteiger partial charge in [-0.1, -0.05) is 103 Å². The molecule has 0 spiro atoms. The Labute approximate surface area is 301 Å². The van der Waals surface area contributed by atoms with Crippen LogP contribution < -0.4 is 10.6 Å². The molecule has 0 N–H and O–H groups in total. The van der Waals surface area contributed by atoms with Gasteiger partial charge in [-0.2, -0.15) is 0 Å². The molecule has 1 aliphatic rings. The minimum Gasteiger partial charge on any atom is -0.456 e. The van der Waals surface area contributed by atoms with Crippen molar-refractivity contribution in [1.82, 2.24) is 9.13 Å². The molecule has 0 bridgehead atoms.